The standard InChI is InChI=1S/C19H24F3N5S/c20-19(21,22)15-5-4-6-16(13-15)25-11-9-24(10-12-25)14-27-18(28)26-8-3-1-2-7-17(26)23-27/h4-6,13H,1-3,7-12,14H2. The molecule has 0 unspecified atom stereocenters. The van der Waals surface area contributed by atoms with Crippen molar-refractivity contribution in [3.63, 3.8) is 0 Å². The van der Waals surface area contributed by atoms with E-state index in [1.54, 1.807) is 6.07 Å². The summed E-state index contributed by atoms with van der Waals surface area (Å²) < 4.78 is 43.7. The highest BCUT2D eigenvalue weighted by atomic mass is 32.1. The average Bonchev–Trinajstić information content (AvgIpc) is 2.85. The van der Waals surface area contributed by atoms with Crippen molar-refractivity contribution in [1.82, 2.24) is 19.2 Å². The van der Waals surface area contributed by atoms with Crippen LogP contribution in [0.4, 0.5) is 18.9 Å². The SMILES string of the molecule is FC(F)(F)c1cccc(N2CCN(Cn3nc4n(c3=S)CCCCC4)CC2)c1. The van der Waals surface area contributed by atoms with Crippen molar-refractivity contribution >= 4 is 17.9 Å². The normalized spacial score (nSPS) is 18.8. The van der Waals surface area contributed by atoms with Gasteiger partial charge in [0, 0.05) is 44.8 Å². The number of fused-ring (bicyclic) bond motifs is 1. The summed E-state index contributed by atoms with van der Waals surface area (Å²) in [6.07, 6.45) is 0.174. The number of alkyl halides is 3. The Morgan fingerprint density at radius 2 is 1.79 bits per heavy atom. The molecule has 9 heteroatoms. The molecule has 1 aromatic carbocycles. The van der Waals surface area contributed by atoms with E-state index in [1.165, 1.54) is 18.6 Å². The summed E-state index contributed by atoms with van der Waals surface area (Å²) in [5.41, 5.74) is 0.0260. The molecule has 0 saturated carbocycles. The van der Waals surface area contributed by atoms with Crippen molar-refractivity contribution in [3.8, 4) is 0 Å². The minimum atomic E-state index is -4.31. The van der Waals surface area contributed by atoms with Crippen LogP contribution in [0.15, 0.2) is 24.3 Å². The molecular formula is C19H24F3N5S. The molecular weight excluding hydrogens is 387 g/mol. The molecule has 2 aliphatic heterocycles. The zero-order chi connectivity index (χ0) is 19.7. The zero-order valence-electron chi connectivity index (χ0n) is 15.7. The van der Waals surface area contributed by atoms with Crippen LogP contribution in [0.1, 0.15) is 30.7 Å². The van der Waals surface area contributed by atoms with Crippen LogP contribution in [-0.4, -0.2) is 45.4 Å². The van der Waals surface area contributed by atoms with E-state index < -0.39 is 11.7 Å². The molecule has 0 spiro atoms. The molecule has 0 atom stereocenters. The maximum absolute atomic E-state index is 13.0. The van der Waals surface area contributed by atoms with E-state index >= 15 is 0 Å². The van der Waals surface area contributed by atoms with E-state index in [0.29, 0.717) is 25.4 Å². The summed E-state index contributed by atoms with van der Waals surface area (Å²) in [4.78, 5) is 4.26. The number of nitrogens with zero attached hydrogens (tertiary/aromatic N) is 5. The van der Waals surface area contributed by atoms with Crippen molar-refractivity contribution in [2.24, 2.45) is 0 Å². The number of piperazine rings is 1. The summed E-state index contributed by atoms with van der Waals surface area (Å²) in [5.74, 6) is 1.07. The molecule has 4 rings (SSSR count). The quantitative estimate of drug-likeness (QED) is 0.716. The van der Waals surface area contributed by atoms with Gasteiger partial charge in [0.25, 0.3) is 0 Å². The van der Waals surface area contributed by atoms with Crippen LogP contribution in [0, 0.1) is 4.77 Å². The first-order valence-corrected chi connectivity index (χ1v) is 10.1. The van der Waals surface area contributed by atoms with Gasteiger partial charge in [-0.1, -0.05) is 12.5 Å². The molecule has 0 amide bonds. The van der Waals surface area contributed by atoms with E-state index in [4.69, 9.17) is 17.3 Å². The molecule has 2 aliphatic rings. The van der Waals surface area contributed by atoms with Gasteiger partial charge in [0.15, 0.2) is 4.77 Å². The van der Waals surface area contributed by atoms with E-state index in [2.05, 4.69) is 9.47 Å². The first-order chi connectivity index (χ1) is 13.4. The van der Waals surface area contributed by atoms with Gasteiger partial charge in [0.05, 0.1) is 12.2 Å². The Labute approximate surface area is 167 Å². The third-order valence-electron chi connectivity index (χ3n) is 5.53. The van der Waals surface area contributed by atoms with Crippen molar-refractivity contribution in [2.75, 3.05) is 31.1 Å². The third kappa shape index (κ3) is 4.10. The van der Waals surface area contributed by atoms with Crippen molar-refractivity contribution in [3.05, 3.63) is 40.4 Å². The number of benzene rings is 1. The molecule has 0 radical (unpaired) electrons. The number of aryl methyl sites for hydroxylation is 1. The van der Waals surface area contributed by atoms with Gasteiger partial charge in [-0.3, -0.25) is 4.90 Å². The maximum atomic E-state index is 13.0. The van der Waals surface area contributed by atoms with E-state index in [1.807, 2.05) is 9.58 Å². The van der Waals surface area contributed by atoms with Crippen molar-refractivity contribution in [2.45, 2.75) is 45.1 Å². The van der Waals surface area contributed by atoms with Gasteiger partial charge in [0.1, 0.15) is 5.82 Å². The molecule has 1 fully saturated rings. The van der Waals surface area contributed by atoms with Crippen LogP contribution in [0.3, 0.4) is 0 Å². The van der Waals surface area contributed by atoms with Gasteiger partial charge < -0.3 is 9.47 Å². The Morgan fingerprint density at radius 1 is 1.00 bits per heavy atom. The minimum absolute atomic E-state index is 0.599. The Balaban J connectivity index is 1.40. The lowest BCUT2D eigenvalue weighted by atomic mass is 10.1. The monoisotopic (exact) mass is 411 g/mol. The average molecular weight is 411 g/mol. The summed E-state index contributed by atoms with van der Waals surface area (Å²) >= 11 is 5.61. The molecule has 1 aromatic heterocycles. The molecule has 0 bridgehead atoms. The summed E-state index contributed by atoms with van der Waals surface area (Å²) in [5, 5.41) is 4.72. The number of hydrogen-bond acceptors (Lipinski definition) is 4. The first kappa shape index (κ1) is 19.4. The molecule has 152 valence electrons. The van der Waals surface area contributed by atoms with Crippen LogP contribution in [0.25, 0.3) is 0 Å². The Hall–Kier alpha value is -1.87. The van der Waals surface area contributed by atoms with E-state index in [0.717, 1.165) is 55.6 Å². The van der Waals surface area contributed by atoms with Crippen LogP contribution in [0.2, 0.25) is 0 Å². The second-order valence-corrected chi connectivity index (χ2v) is 7.82. The fourth-order valence-electron chi connectivity index (χ4n) is 3.93. The molecule has 0 aliphatic carbocycles. The Bertz CT molecular complexity index is 880. The van der Waals surface area contributed by atoms with Gasteiger partial charge in [-0.05, 0) is 43.3 Å². The number of hydrogen-bond donors (Lipinski definition) is 0. The first-order valence-electron chi connectivity index (χ1n) is 9.73. The summed E-state index contributed by atoms with van der Waals surface area (Å²) in [6, 6.07) is 5.57. The predicted octanol–water partition coefficient (Wildman–Crippen LogP) is 3.94. The minimum Gasteiger partial charge on any atom is -0.369 e. The number of aromatic nitrogens is 3. The van der Waals surface area contributed by atoms with E-state index in [9.17, 15) is 13.2 Å². The molecule has 1 saturated heterocycles. The van der Waals surface area contributed by atoms with Crippen molar-refractivity contribution < 1.29 is 13.2 Å². The van der Waals surface area contributed by atoms with Crippen LogP contribution in [-0.2, 0) is 25.8 Å². The third-order valence-corrected chi connectivity index (χ3v) is 5.96. The van der Waals surface area contributed by atoms with E-state index in [-0.39, 0.29) is 0 Å². The number of anilines is 1. The fourth-order valence-corrected chi connectivity index (χ4v) is 4.23. The lowest BCUT2D eigenvalue weighted by molar-refractivity contribution is -0.137. The summed E-state index contributed by atoms with van der Waals surface area (Å²) in [6.45, 7) is 4.47. The van der Waals surface area contributed by atoms with Gasteiger partial charge in [-0.15, -0.1) is 0 Å². The second kappa shape index (κ2) is 7.87. The predicted molar refractivity (Wildman–Crippen MR) is 104 cm³/mol. The number of halogens is 3. The molecule has 2 aromatic rings. The summed E-state index contributed by atoms with van der Waals surface area (Å²) in [7, 11) is 0. The van der Waals surface area contributed by atoms with Gasteiger partial charge in [-0.2, -0.15) is 18.3 Å². The second-order valence-electron chi connectivity index (χ2n) is 7.46. The van der Waals surface area contributed by atoms with Crippen LogP contribution >= 0.6 is 12.2 Å². The lowest BCUT2D eigenvalue weighted by Crippen LogP contribution is -2.47. The Kier molecular flexibility index (Phi) is 5.46. The largest absolute Gasteiger partial charge is 0.416 e. The highest BCUT2D eigenvalue weighted by molar-refractivity contribution is 7.71. The molecule has 3 heterocycles. The van der Waals surface area contributed by atoms with Crippen LogP contribution < -0.4 is 4.90 Å². The van der Waals surface area contributed by atoms with Gasteiger partial charge in [-0.25, -0.2) is 4.68 Å². The van der Waals surface area contributed by atoms with Crippen LogP contribution in [0.5, 0.6) is 0 Å². The maximum Gasteiger partial charge on any atom is 0.416 e. The zero-order valence-corrected chi connectivity index (χ0v) is 16.5. The smallest absolute Gasteiger partial charge is 0.369 e. The fraction of sp³-hybridized carbons (Fsp3) is 0.579. The highest BCUT2D eigenvalue weighted by Gasteiger charge is 2.31. The van der Waals surface area contributed by atoms with Gasteiger partial charge in [0.2, 0.25) is 0 Å². The molecule has 0 N–H and O–H groups in total. The molecule has 28 heavy (non-hydrogen) atoms. The number of rotatable bonds is 3. The molecule has 5 nitrogen and oxygen atoms in total. The highest BCUT2D eigenvalue weighted by Crippen LogP contribution is 2.31. The van der Waals surface area contributed by atoms with Gasteiger partial charge >= 0.3 is 6.18 Å². The van der Waals surface area contributed by atoms with Crippen molar-refractivity contribution in [1.29, 1.82) is 0 Å². The Morgan fingerprint density at radius 3 is 2.54 bits per heavy atom. The topological polar surface area (TPSA) is 29.2 Å². The lowest BCUT2D eigenvalue weighted by Gasteiger charge is -2.36.